The number of aryl methyl sites for hydroxylation is 1. The molecular weight excluding hydrogens is 324 g/mol. The molecule has 0 spiro atoms. The Bertz CT molecular complexity index is 970. The van der Waals surface area contributed by atoms with Gasteiger partial charge >= 0.3 is 0 Å². The zero-order valence-corrected chi connectivity index (χ0v) is 15.3. The molecule has 0 amide bonds. The second-order valence-corrected chi connectivity index (χ2v) is 7.01. The summed E-state index contributed by atoms with van der Waals surface area (Å²) in [5.74, 6) is 1.85. The van der Waals surface area contributed by atoms with Gasteiger partial charge in [-0.25, -0.2) is 19.6 Å². The summed E-state index contributed by atoms with van der Waals surface area (Å²) in [6, 6.07) is 11.9. The van der Waals surface area contributed by atoms with E-state index in [4.69, 9.17) is 0 Å². The molecule has 2 heterocycles. The molecule has 6 heteroatoms. The van der Waals surface area contributed by atoms with Crippen molar-refractivity contribution in [1.82, 2.24) is 24.7 Å². The molecule has 0 atom stereocenters. The molecule has 0 bridgehead atoms. The van der Waals surface area contributed by atoms with Crippen LogP contribution in [0.4, 0.5) is 0 Å². The van der Waals surface area contributed by atoms with Crippen LogP contribution < -0.4 is 0 Å². The zero-order chi connectivity index (χ0) is 18.7. The normalized spacial score (nSPS) is 12.0. The zero-order valence-electron chi connectivity index (χ0n) is 15.3. The lowest BCUT2D eigenvalue weighted by Gasteiger charge is -2.15. The van der Waals surface area contributed by atoms with Crippen LogP contribution in [0, 0.1) is 11.3 Å². The van der Waals surface area contributed by atoms with Crippen LogP contribution in [0.2, 0.25) is 0 Å². The Balaban J connectivity index is 1.96. The van der Waals surface area contributed by atoms with Crippen molar-refractivity contribution in [2.75, 3.05) is 0 Å². The Hall–Kier alpha value is -3.33. The van der Waals surface area contributed by atoms with Gasteiger partial charge in [0, 0.05) is 36.0 Å². The van der Waals surface area contributed by atoms with Gasteiger partial charge in [0.2, 0.25) is 0 Å². The van der Waals surface area contributed by atoms with Crippen LogP contribution in [-0.2, 0) is 12.5 Å². The largest absolute Gasteiger partial charge is 0.248 e. The van der Waals surface area contributed by atoms with E-state index >= 15 is 0 Å². The quantitative estimate of drug-likeness (QED) is 0.678. The fraction of sp³-hybridized carbons (Fsp3) is 0.250. The van der Waals surface area contributed by atoms with Gasteiger partial charge in [0.1, 0.15) is 11.9 Å². The van der Waals surface area contributed by atoms with Gasteiger partial charge in [0.15, 0.2) is 11.6 Å². The molecule has 26 heavy (non-hydrogen) atoms. The number of rotatable bonds is 3. The number of aromatic nitrogens is 5. The van der Waals surface area contributed by atoms with Crippen LogP contribution in [0.25, 0.3) is 23.0 Å². The standard InChI is InChI=1S/C20H20N6/c1-20(2,3)19-22-12-14(13-23-19)10-16(11-21)18-24-17(25-26(18)4)15-8-6-5-7-9-15/h5-10,12-13H,1-4H3. The molecule has 2 aromatic heterocycles. The van der Waals surface area contributed by atoms with Crippen LogP contribution in [0.1, 0.15) is 38.0 Å². The van der Waals surface area contributed by atoms with E-state index in [2.05, 4.69) is 46.9 Å². The first-order valence-electron chi connectivity index (χ1n) is 8.29. The Labute approximate surface area is 152 Å². The number of nitriles is 1. The number of hydrogen-bond donors (Lipinski definition) is 0. The lowest BCUT2D eigenvalue weighted by molar-refractivity contribution is 0.545. The molecule has 0 aliphatic heterocycles. The average Bonchev–Trinajstić information content (AvgIpc) is 3.02. The van der Waals surface area contributed by atoms with Gasteiger partial charge < -0.3 is 0 Å². The molecule has 0 radical (unpaired) electrons. The van der Waals surface area contributed by atoms with E-state index in [9.17, 15) is 5.26 Å². The Kier molecular flexibility index (Phi) is 4.63. The number of benzene rings is 1. The summed E-state index contributed by atoms with van der Waals surface area (Å²) >= 11 is 0. The van der Waals surface area contributed by atoms with E-state index < -0.39 is 0 Å². The first-order valence-corrected chi connectivity index (χ1v) is 8.29. The van der Waals surface area contributed by atoms with Crippen molar-refractivity contribution in [3.05, 3.63) is 59.9 Å². The number of hydrogen-bond acceptors (Lipinski definition) is 5. The first-order chi connectivity index (χ1) is 12.4. The molecule has 0 saturated heterocycles. The van der Waals surface area contributed by atoms with Crippen molar-refractivity contribution >= 4 is 11.6 Å². The maximum absolute atomic E-state index is 9.59. The topological polar surface area (TPSA) is 80.3 Å². The lowest BCUT2D eigenvalue weighted by atomic mass is 9.96. The highest BCUT2D eigenvalue weighted by Crippen LogP contribution is 2.21. The van der Waals surface area contributed by atoms with Crippen LogP contribution in [-0.4, -0.2) is 24.7 Å². The van der Waals surface area contributed by atoms with Crippen molar-refractivity contribution in [3.8, 4) is 17.5 Å². The van der Waals surface area contributed by atoms with Crippen molar-refractivity contribution in [2.45, 2.75) is 26.2 Å². The molecule has 0 aliphatic carbocycles. The third-order valence-corrected chi connectivity index (χ3v) is 3.81. The molecular formula is C20H20N6. The third kappa shape index (κ3) is 3.67. The van der Waals surface area contributed by atoms with Gasteiger partial charge in [0.05, 0.1) is 5.57 Å². The van der Waals surface area contributed by atoms with Crippen molar-refractivity contribution in [2.24, 2.45) is 7.05 Å². The van der Waals surface area contributed by atoms with Gasteiger partial charge in [-0.2, -0.15) is 10.4 Å². The highest BCUT2D eigenvalue weighted by molar-refractivity contribution is 5.87. The molecule has 0 aliphatic rings. The van der Waals surface area contributed by atoms with Crippen LogP contribution in [0.3, 0.4) is 0 Å². The smallest absolute Gasteiger partial charge is 0.181 e. The van der Waals surface area contributed by atoms with Gasteiger partial charge in [-0.15, -0.1) is 0 Å². The molecule has 0 unspecified atom stereocenters. The minimum atomic E-state index is -0.117. The summed E-state index contributed by atoms with van der Waals surface area (Å²) < 4.78 is 1.61. The van der Waals surface area contributed by atoms with Crippen molar-refractivity contribution in [1.29, 1.82) is 5.26 Å². The Morgan fingerprint density at radius 2 is 1.77 bits per heavy atom. The monoisotopic (exact) mass is 344 g/mol. The fourth-order valence-corrected chi connectivity index (χ4v) is 2.44. The number of allylic oxidation sites excluding steroid dienone is 1. The lowest BCUT2D eigenvalue weighted by Crippen LogP contribution is -2.15. The molecule has 3 rings (SSSR count). The molecule has 0 fully saturated rings. The molecule has 0 N–H and O–H groups in total. The van der Waals surface area contributed by atoms with Crippen LogP contribution >= 0.6 is 0 Å². The Morgan fingerprint density at radius 1 is 1.12 bits per heavy atom. The Morgan fingerprint density at radius 3 is 2.35 bits per heavy atom. The van der Waals surface area contributed by atoms with Gasteiger partial charge in [-0.3, -0.25) is 0 Å². The minimum absolute atomic E-state index is 0.117. The number of nitrogens with zero attached hydrogens (tertiary/aromatic N) is 6. The summed E-state index contributed by atoms with van der Waals surface area (Å²) in [7, 11) is 1.78. The van der Waals surface area contributed by atoms with Crippen LogP contribution in [0.15, 0.2) is 42.7 Å². The van der Waals surface area contributed by atoms with E-state index in [1.165, 1.54) is 0 Å². The summed E-state index contributed by atoms with van der Waals surface area (Å²) in [6.07, 6.45) is 5.17. The van der Waals surface area contributed by atoms with Gasteiger partial charge in [-0.05, 0) is 6.08 Å². The first kappa shape index (κ1) is 17.5. The summed E-state index contributed by atoms with van der Waals surface area (Å²) in [5.41, 5.74) is 1.95. The van der Waals surface area contributed by atoms with E-state index in [-0.39, 0.29) is 5.41 Å². The van der Waals surface area contributed by atoms with E-state index in [1.54, 1.807) is 30.2 Å². The SMILES string of the molecule is Cn1nc(-c2ccccc2)nc1C(C#N)=Cc1cnc(C(C)(C)C)nc1. The molecule has 130 valence electrons. The van der Waals surface area contributed by atoms with Crippen molar-refractivity contribution in [3.63, 3.8) is 0 Å². The highest BCUT2D eigenvalue weighted by Gasteiger charge is 2.17. The van der Waals surface area contributed by atoms with E-state index in [1.807, 2.05) is 30.3 Å². The van der Waals surface area contributed by atoms with E-state index in [0.717, 1.165) is 17.0 Å². The fourth-order valence-electron chi connectivity index (χ4n) is 2.44. The minimum Gasteiger partial charge on any atom is -0.248 e. The molecule has 1 aromatic carbocycles. The predicted octanol–water partition coefficient (Wildman–Crippen LogP) is 3.63. The maximum Gasteiger partial charge on any atom is 0.181 e. The molecule has 0 saturated carbocycles. The van der Waals surface area contributed by atoms with E-state index in [0.29, 0.717) is 17.2 Å². The van der Waals surface area contributed by atoms with Crippen molar-refractivity contribution < 1.29 is 0 Å². The average molecular weight is 344 g/mol. The molecule has 3 aromatic rings. The second kappa shape index (κ2) is 6.89. The van der Waals surface area contributed by atoms with Gasteiger partial charge in [0.25, 0.3) is 0 Å². The van der Waals surface area contributed by atoms with Crippen LogP contribution in [0.5, 0.6) is 0 Å². The van der Waals surface area contributed by atoms with Gasteiger partial charge in [-0.1, -0.05) is 51.1 Å². The summed E-state index contributed by atoms with van der Waals surface area (Å²) in [4.78, 5) is 13.3. The molecule has 6 nitrogen and oxygen atoms in total. The summed E-state index contributed by atoms with van der Waals surface area (Å²) in [6.45, 7) is 6.18. The third-order valence-electron chi connectivity index (χ3n) is 3.81. The second-order valence-electron chi connectivity index (χ2n) is 7.01. The predicted molar refractivity (Wildman–Crippen MR) is 101 cm³/mol. The summed E-state index contributed by atoms with van der Waals surface area (Å²) in [5, 5.41) is 14.0. The maximum atomic E-state index is 9.59. The highest BCUT2D eigenvalue weighted by atomic mass is 15.3.